The lowest BCUT2D eigenvalue weighted by Crippen LogP contribution is -2.07. The molecule has 0 N–H and O–H groups in total. The smallest absolute Gasteiger partial charge is 0.263 e. The molecule has 0 saturated carbocycles. The van der Waals surface area contributed by atoms with Gasteiger partial charge >= 0.3 is 0 Å². The van der Waals surface area contributed by atoms with Crippen molar-refractivity contribution in [3.8, 4) is 0 Å². The molecule has 0 saturated heterocycles. The van der Waals surface area contributed by atoms with Gasteiger partial charge in [0.05, 0.1) is 11.9 Å². The summed E-state index contributed by atoms with van der Waals surface area (Å²) in [6.07, 6.45) is 0. The normalized spacial score (nSPS) is 19.1. The van der Waals surface area contributed by atoms with Gasteiger partial charge in [-0.1, -0.05) is 78.9 Å². The molecule has 3 heteroatoms. The molecule has 1 heterocycles. The average molecular weight is 346 g/mol. The van der Waals surface area contributed by atoms with E-state index in [1.807, 2.05) is 79.7 Å². The molecule has 0 aliphatic carbocycles. The summed E-state index contributed by atoms with van der Waals surface area (Å²) >= 11 is 0. The van der Waals surface area contributed by atoms with Gasteiger partial charge in [-0.05, 0) is 29.7 Å². The minimum Gasteiger partial charge on any atom is -0.322 e. The van der Waals surface area contributed by atoms with E-state index in [1.165, 1.54) is 0 Å². The quantitative estimate of drug-likeness (QED) is 0.578. The summed E-state index contributed by atoms with van der Waals surface area (Å²) in [5.74, 6) is 0. The van der Waals surface area contributed by atoms with Crippen molar-refractivity contribution < 1.29 is 9.09 Å². The van der Waals surface area contributed by atoms with Crippen molar-refractivity contribution in [2.45, 2.75) is 6.92 Å². The standard InChI is InChI=1S/C22H19O2P/c1-2-24-25(23)20-16-10-9-15-19(20)21(17-11-5-3-6-12-17)22(25)18-13-7-4-8-14-18/h3-16H,2H2,1H3. The van der Waals surface area contributed by atoms with Crippen LogP contribution in [-0.4, -0.2) is 6.61 Å². The summed E-state index contributed by atoms with van der Waals surface area (Å²) < 4.78 is 20.0. The maximum Gasteiger partial charge on any atom is 0.263 e. The number of hydrogen-bond donors (Lipinski definition) is 0. The highest BCUT2D eigenvalue weighted by Crippen LogP contribution is 2.66. The lowest BCUT2D eigenvalue weighted by Gasteiger charge is -2.18. The molecule has 0 amide bonds. The highest BCUT2D eigenvalue weighted by molar-refractivity contribution is 7.78. The Balaban J connectivity index is 2.10. The number of rotatable bonds is 4. The van der Waals surface area contributed by atoms with Gasteiger partial charge in [0.25, 0.3) is 7.37 Å². The van der Waals surface area contributed by atoms with Crippen molar-refractivity contribution in [1.82, 2.24) is 0 Å². The van der Waals surface area contributed by atoms with Crippen molar-refractivity contribution in [2.75, 3.05) is 6.61 Å². The summed E-state index contributed by atoms with van der Waals surface area (Å²) in [7, 11) is -3.13. The molecule has 0 fully saturated rings. The number of hydrogen-bond acceptors (Lipinski definition) is 2. The molecule has 2 nitrogen and oxygen atoms in total. The molecule has 3 aromatic rings. The lowest BCUT2D eigenvalue weighted by molar-refractivity contribution is 0.349. The first-order chi connectivity index (χ1) is 12.3. The third kappa shape index (κ3) is 2.59. The molecule has 0 radical (unpaired) electrons. The summed E-state index contributed by atoms with van der Waals surface area (Å²) in [4.78, 5) is 0. The Bertz CT molecular complexity index is 975. The molecular formula is C22H19O2P. The van der Waals surface area contributed by atoms with Gasteiger partial charge < -0.3 is 4.52 Å². The summed E-state index contributed by atoms with van der Waals surface area (Å²) in [6, 6.07) is 28.0. The highest BCUT2D eigenvalue weighted by Gasteiger charge is 2.42. The molecule has 1 atom stereocenters. The maximum atomic E-state index is 14.1. The minimum absolute atomic E-state index is 0.407. The van der Waals surface area contributed by atoms with Gasteiger partial charge in [0.15, 0.2) is 0 Å². The van der Waals surface area contributed by atoms with E-state index in [4.69, 9.17) is 4.52 Å². The molecule has 25 heavy (non-hydrogen) atoms. The molecule has 0 bridgehead atoms. The van der Waals surface area contributed by atoms with Gasteiger partial charge in [-0.3, -0.25) is 4.57 Å². The van der Waals surface area contributed by atoms with Crippen LogP contribution in [0, 0.1) is 0 Å². The maximum absolute atomic E-state index is 14.1. The molecule has 1 aliphatic heterocycles. The number of fused-ring (bicyclic) bond motifs is 1. The van der Waals surface area contributed by atoms with Crippen molar-refractivity contribution >= 4 is 23.6 Å². The Hall–Kier alpha value is -2.41. The Kier molecular flexibility index (Phi) is 4.17. The van der Waals surface area contributed by atoms with Crippen LogP contribution in [0.15, 0.2) is 84.9 Å². The summed E-state index contributed by atoms with van der Waals surface area (Å²) in [5, 5.41) is 1.61. The molecule has 3 aromatic carbocycles. The predicted octanol–water partition coefficient (Wildman–Crippen LogP) is 5.56. The van der Waals surface area contributed by atoms with E-state index < -0.39 is 7.37 Å². The second-order valence-corrected chi connectivity index (χ2v) is 8.23. The molecular weight excluding hydrogens is 327 g/mol. The zero-order valence-corrected chi connectivity index (χ0v) is 14.9. The fourth-order valence-corrected chi connectivity index (χ4v) is 6.15. The Labute approximate surface area is 148 Å². The first-order valence-electron chi connectivity index (χ1n) is 8.46. The predicted molar refractivity (Wildman–Crippen MR) is 104 cm³/mol. The third-order valence-corrected chi connectivity index (χ3v) is 7.16. The van der Waals surface area contributed by atoms with E-state index in [2.05, 4.69) is 12.1 Å². The monoisotopic (exact) mass is 346 g/mol. The van der Waals surface area contributed by atoms with E-state index in [1.54, 1.807) is 0 Å². The minimum atomic E-state index is -3.13. The number of benzene rings is 3. The van der Waals surface area contributed by atoms with Crippen LogP contribution in [0.1, 0.15) is 23.6 Å². The Morgan fingerprint density at radius 1 is 0.760 bits per heavy atom. The van der Waals surface area contributed by atoms with Crippen LogP contribution in [0.5, 0.6) is 0 Å². The largest absolute Gasteiger partial charge is 0.322 e. The van der Waals surface area contributed by atoms with Crippen molar-refractivity contribution in [1.29, 1.82) is 0 Å². The van der Waals surface area contributed by atoms with Gasteiger partial charge in [0.1, 0.15) is 0 Å². The summed E-state index contributed by atoms with van der Waals surface area (Å²) in [6.45, 7) is 2.30. The zero-order valence-electron chi connectivity index (χ0n) is 14.1. The molecule has 124 valence electrons. The van der Waals surface area contributed by atoms with Crippen LogP contribution in [0.3, 0.4) is 0 Å². The van der Waals surface area contributed by atoms with Crippen LogP contribution >= 0.6 is 7.37 Å². The first-order valence-corrected chi connectivity index (χ1v) is 10.1. The van der Waals surface area contributed by atoms with Gasteiger partial charge in [-0.2, -0.15) is 0 Å². The second kappa shape index (κ2) is 6.48. The van der Waals surface area contributed by atoms with E-state index >= 15 is 0 Å². The van der Waals surface area contributed by atoms with Crippen molar-refractivity contribution in [3.05, 3.63) is 102 Å². The van der Waals surface area contributed by atoms with Crippen molar-refractivity contribution in [3.63, 3.8) is 0 Å². The Morgan fingerprint density at radius 2 is 1.32 bits per heavy atom. The average Bonchev–Trinajstić information content (AvgIpc) is 2.93. The summed E-state index contributed by atoms with van der Waals surface area (Å²) in [5.41, 5.74) is 4.03. The van der Waals surface area contributed by atoms with E-state index in [0.717, 1.165) is 32.9 Å². The zero-order chi connectivity index (χ0) is 17.3. The van der Waals surface area contributed by atoms with Crippen LogP contribution in [-0.2, 0) is 9.09 Å². The van der Waals surface area contributed by atoms with E-state index in [-0.39, 0.29) is 0 Å². The third-order valence-electron chi connectivity index (χ3n) is 4.44. The fourth-order valence-electron chi connectivity index (χ4n) is 3.46. The van der Waals surface area contributed by atoms with Gasteiger partial charge in [0.2, 0.25) is 0 Å². The lowest BCUT2D eigenvalue weighted by atomic mass is 9.96. The van der Waals surface area contributed by atoms with Crippen LogP contribution < -0.4 is 5.30 Å². The molecule has 1 aliphatic rings. The van der Waals surface area contributed by atoms with E-state index in [0.29, 0.717) is 6.61 Å². The fraction of sp³-hybridized carbons (Fsp3) is 0.0909. The van der Waals surface area contributed by atoms with Crippen LogP contribution in [0.2, 0.25) is 0 Å². The second-order valence-electron chi connectivity index (χ2n) is 5.94. The Morgan fingerprint density at radius 3 is 1.96 bits per heavy atom. The van der Waals surface area contributed by atoms with Gasteiger partial charge in [-0.15, -0.1) is 0 Å². The van der Waals surface area contributed by atoms with Gasteiger partial charge in [0, 0.05) is 10.9 Å². The van der Waals surface area contributed by atoms with Crippen LogP contribution in [0.4, 0.5) is 0 Å². The molecule has 1 unspecified atom stereocenters. The van der Waals surface area contributed by atoms with E-state index in [9.17, 15) is 4.57 Å². The molecule has 0 spiro atoms. The highest BCUT2D eigenvalue weighted by atomic mass is 31.2. The van der Waals surface area contributed by atoms with Gasteiger partial charge in [-0.25, -0.2) is 0 Å². The van der Waals surface area contributed by atoms with Crippen molar-refractivity contribution in [2.24, 2.45) is 0 Å². The SMILES string of the molecule is CCOP1(=O)C(c2ccccc2)=C(c2ccccc2)c2ccccc21. The van der Waals surface area contributed by atoms with Crippen LogP contribution in [0.25, 0.3) is 10.9 Å². The topological polar surface area (TPSA) is 26.3 Å². The molecule has 0 aromatic heterocycles. The molecule has 4 rings (SSSR count). The first kappa shape index (κ1) is 16.1.